The van der Waals surface area contributed by atoms with Crippen LogP contribution in [0.3, 0.4) is 0 Å². The van der Waals surface area contributed by atoms with Gasteiger partial charge in [-0.1, -0.05) is 201 Å². The molecule has 1 amide bonds. The maximum absolute atomic E-state index is 13.5. The van der Waals surface area contributed by atoms with Crippen molar-refractivity contribution in [1.82, 2.24) is 5.32 Å². The molecule has 0 aromatic rings. The Kier molecular flexibility index (Phi) is 47.9. The summed E-state index contributed by atoms with van der Waals surface area (Å²) in [7, 11) is 1.43. The number of carbonyl (C=O) groups excluding carboxylic acids is 2. The van der Waals surface area contributed by atoms with Gasteiger partial charge in [0.1, 0.15) is 19.3 Å². The summed E-state index contributed by atoms with van der Waals surface area (Å²) in [5.74, 6) is -0.609. The summed E-state index contributed by atoms with van der Waals surface area (Å²) in [5, 5.41) is 3.00. The van der Waals surface area contributed by atoms with E-state index in [4.69, 9.17) is 13.8 Å². The molecule has 3 unspecified atom stereocenters. The maximum Gasteiger partial charge on any atom is 0.472 e. The molecule has 0 aliphatic carbocycles. The first-order valence-corrected chi connectivity index (χ1v) is 29.7. The third-order valence-electron chi connectivity index (χ3n) is 11.7. The summed E-state index contributed by atoms with van der Waals surface area (Å²) in [6, 6.07) is -0.893. The van der Waals surface area contributed by atoms with Gasteiger partial charge in [-0.2, -0.15) is 0 Å². The minimum Gasteiger partial charge on any atom is -0.456 e. The largest absolute Gasteiger partial charge is 0.472 e. The summed E-state index contributed by atoms with van der Waals surface area (Å²) in [6.45, 7) is 6.77. The van der Waals surface area contributed by atoms with Crippen molar-refractivity contribution in [2.75, 3.05) is 40.9 Å². The topological polar surface area (TPSA) is 111 Å². The molecule has 0 spiro atoms. The average Bonchev–Trinajstić information content (AvgIpc) is 3.33. The number of phosphoric acid groups is 1. The number of unbranched alkanes of at least 4 members (excludes halogenated alkanes) is 17. The lowest BCUT2D eigenvalue weighted by Crippen LogP contribution is -2.47. The lowest BCUT2D eigenvalue weighted by atomic mass is 10.1. The fourth-order valence-electron chi connectivity index (χ4n) is 7.33. The predicted molar refractivity (Wildman–Crippen MR) is 304 cm³/mol. The van der Waals surface area contributed by atoms with Crippen molar-refractivity contribution in [3.05, 3.63) is 109 Å². The van der Waals surface area contributed by atoms with Gasteiger partial charge in [-0.15, -0.1) is 0 Å². The van der Waals surface area contributed by atoms with Crippen LogP contribution in [0.25, 0.3) is 0 Å². The molecule has 71 heavy (non-hydrogen) atoms. The van der Waals surface area contributed by atoms with Crippen molar-refractivity contribution in [2.24, 2.45) is 0 Å². The van der Waals surface area contributed by atoms with Crippen LogP contribution in [0.2, 0.25) is 0 Å². The molecule has 0 radical (unpaired) electrons. The number of esters is 1. The van der Waals surface area contributed by atoms with E-state index >= 15 is 0 Å². The predicted octanol–water partition coefficient (Wildman–Crippen LogP) is 17.0. The van der Waals surface area contributed by atoms with Gasteiger partial charge in [0.25, 0.3) is 0 Å². The highest BCUT2D eigenvalue weighted by Crippen LogP contribution is 2.43. The van der Waals surface area contributed by atoms with Gasteiger partial charge in [-0.3, -0.25) is 18.6 Å². The summed E-state index contributed by atoms with van der Waals surface area (Å²) >= 11 is 0. The van der Waals surface area contributed by atoms with Crippen molar-refractivity contribution < 1.29 is 37.3 Å². The molecule has 3 atom stereocenters. The van der Waals surface area contributed by atoms with Crippen LogP contribution >= 0.6 is 7.82 Å². The van der Waals surface area contributed by atoms with Gasteiger partial charge in [0, 0.05) is 12.8 Å². The number of nitrogens with zero attached hydrogens (tertiary/aromatic N) is 1. The van der Waals surface area contributed by atoms with Crippen molar-refractivity contribution in [2.45, 2.75) is 226 Å². The first kappa shape index (κ1) is 67.7. The number of quaternary nitrogens is 1. The Balaban J connectivity index is 5.48. The average molecular weight is 1010 g/mol. The summed E-state index contributed by atoms with van der Waals surface area (Å²) in [5.41, 5.74) is 0. The zero-order valence-corrected chi connectivity index (χ0v) is 47.1. The molecule has 0 aliphatic heterocycles. The molecular weight excluding hydrogens is 904 g/mol. The molecule has 0 bridgehead atoms. The maximum atomic E-state index is 13.5. The number of carbonyl (C=O) groups is 2. The number of allylic oxidation sites excluding steroid dienone is 17. The van der Waals surface area contributed by atoms with Gasteiger partial charge < -0.3 is 19.4 Å². The second kappa shape index (κ2) is 50.2. The third-order valence-corrected chi connectivity index (χ3v) is 12.7. The minimum absolute atomic E-state index is 0.0200. The van der Waals surface area contributed by atoms with Gasteiger partial charge >= 0.3 is 13.8 Å². The van der Waals surface area contributed by atoms with Crippen molar-refractivity contribution in [3.8, 4) is 0 Å². The molecule has 2 N–H and O–H groups in total. The van der Waals surface area contributed by atoms with Crippen LogP contribution in [0.1, 0.15) is 213 Å². The van der Waals surface area contributed by atoms with Gasteiger partial charge in [-0.05, 0) is 109 Å². The number of nitrogens with one attached hydrogen (secondary N) is 1. The number of likely N-dealkylation sites (N-methyl/N-ethyl adjacent to an activating group) is 1. The number of phosphoric ester groups is 1. The Labute approximate surface area is 436 Å². The molecule has 0 heterocycles. The Hall–Kier alpha value is -3.33. The molecular formula is C61H106N2O7P+. The zero-order chi connectivity index (χ0) is 52.2. The van der Waals surface area contributed by atoms with Crippen molar-refractivity contribution in [3.63, 3.8) is 0 Å². The SMILES string of the molecule is CC/C=C\C/C=C\C/C=C\C/C=C\C/C=C\CCCC(=O)NC(COP(=O)(O)OCC[N+](C)(C)C)C(/C=C/CCCCCCCCCCC)OC(=O)CCCCCC/C=C\C/C=C\C/C=C\CCCCC. The van der Waals surface area contributed by atoms with E-state index in [1.54, 1.807) is 0 Å². The Morgan fingerprint density at radius 2 is 0.915 bits per heavy atom. The zero-order valence-electron chi connectivity index (χ0n) is 46.2. The normalized spacial score (nSPS) is 14.6. The van der Waals surface area contributed by atoms with E-state index in [1.165, 1.54) is 70.6 Å². The molecule has 406 valence electrons. The fourth-order valence-corrected chi connectivity index (χ4v) is 8.07. The molecule has 0 saturated heterocycles. The van der Waals surface area contributed by atoms with E-state index in [2.05, 4.69) is 123 Å². The smallest absolute Gasteiger partial charge is 0.456 e. The summed E-state index contributed by atoms with van der Waals surface area (Å²) in [4.78, 5) is 37.5. The number of hydrogen-bond donors (Lipinski definition) is 2. The quantitative estimate of drug-likeness (QED) is 0.0205. The first-order chi connectivity index (χ1) is 34.4. The fraction of sp³-hybridized carbons (Fsp3) is 0.672. The standard InChI is InChI=1S/C61H105N2O7P/c1-7-10-13-16-19-22-25-27-29-31-33-35-38-41-44-47-50-53-60(64)62-58(57-69-71(66,67)68-56-55-63(4,5)6)59(52-49-46-43-40-37-24-21-18-15-12-9-3)70-61(65)54-51-48-45-42-39-36-34-32-30-28-26-23-20-17-14-11-8-2/h10,13,19-20,22-23,27-30,33-36,41,44,49,52,58-59H,7-9,11-12,14-18,21,24-26,31-32,37-40,42-43,45-48,50-51,53-57H2,1-6H3,(H-,62,64,66,67)/p+1/b13-10-,22-19-,23-20-,29-27-,30-28-,35-33-,36-34-,44-41-,52-49+. The number of amides is 1. The van der Waals surface area contributed by atoms with Crippen molar-refractivity contribution >= 4 is 19.7 Å². The highest BCUT2D eigenvalue weighted by Gasteiger charge is 2.30. The number of hydrogen-bond acceptors (Lipinski definition) is 6. The van der Waals surface area contributed by atoms with E-state index < -0.39 is 20.0 Å². The second-order valence-corrected chi connectivity index (χ2v) is 21.2. The molecule has 0 aromatic carbocycles. The third kappa shape index (κ3) is 51.4. The highest BCUT2D eigenvalue weighted by atomic mass is 31.2. The van der Waals surface area contributed by atoms with E-state index in [-0.39, 0.29) is 37.9 Å². The van der Waals surface area contributed by atoms with Crippen LogP contribution in [0.5, 0.6) is 0 Å². The van der Waals surface area contributed by atoms with Crippen LogP contribution in [0, 0.1) is 0 Å². The van der Waals surface area contributed by atoms with Crippen LogP contribution in [0.15, 0.2) is 109 Å². The number of rotatable bonds is 49. The van der Waals surface area contributed by atoms with Crippen LogP contribution < -0.4 is 5.32 Å². The van der Waals surface area contributed by atoms with Crippen LogP contribution in [-0.2, 0) is 27.9 Å². The molecule has 9 nitrogen and oxygen atoms in total. The Bertz CT molecular complexity index is 1580. The van der Waals surface area contributed by atoms with E-state index in [9.17, 15) is 19.0 Å². The number of ether oxygens (including phenoxy) is 1. The molecule has 0 saturated carbocycles. The molecule has 10 heteroatoms. The molecule has 0 aromatic heterocycles. The van der Waals surface area contributed by atoms with E-state index in [0.29, 0.717) is 23.9 Å². The Morgan fingerprint density at radius 1 is 0.507 bits per heavy atom. The monoisotopic (exact) mass is 1010 g/mol. The lowest BCUT2D eigenvalue weighted by Gasteiger charge is -2.27. The van der Waals surface area contributed by atoms with Crippen LogP contribution in [0.4, 0.5) is 0 Å². The van der Waals surface area contributed by atoms with Gasteiger partial charge in [-0.25, -0.2) is 4.57 Å². The van der Waals surface area contributed by atoms with Crippen molar-refractivity contribution in [1.29, 1.82) is 0 Å². The summed E-state index contributed by atoms with van der Waals surface area (Å²) < 4.78 is 30.5. The lowest BCUT2D eigenvalue weighted by molar-refractivity contribution is -0.870. The highest BCUT2D eigenvalue weighted by molar-refractivity contribution is 7.47. The summed E-state index contributed by atoms with van der Waals surface area (Å²) in [6.07, 6.45) is 68.1. The van der Waals surface area contributed by atoms with Gasteiger partial charge in [0.15, 0.2) is 0 Å². The molecule has 0 fully saturated rings. The minimum atomic E-state index is -4.47. The second-order valence-electron chi connectivity index (χ2n) is 19.7. The first-order valence-electron chi connectivity index (χ1n) is 28.2. The van der Waals surface area contributed by atoms with Gasteiger partial charge in [0.2, 0.25) is 5.91 Å². The van der Waals surface area contributed by atoms with E-state index in [0.717, 1.165) is 96.3 Å². The van der Waals surface area contributed by atoms with Crippen LogP contribution in [-0.4, -0.2) is 74.3 Å². The molecule has 0 aliphatic rings. The van der Waals surface area contributed by atoms with Gasteiger partial charge in [0.05, 0.1) is 33.8 Å². The Morgan fingerprint density at radius 3 is 1.41 bits per heavy atom. The molecule has 0 rings (SSSR count). The van der Waals surface area contributed by atoms with E-state index in [1.807, 2.05) is 33.3 Å².